The van der Waals surface area contributed by atoms with Crippen molar-refractivity contribution in [1.29, 1.82) is 0 Å². The van der Waals surface area contributed by atoms with Crippen molar-refractivity contribution in [3.05, 3.63) is 11.6 Å². The normalized spacial score (nSPS) is 41.3. The maximum Gasteiger partial charge on any atom is 0.303 e. The highest BCUT2D eigenvalue weighted by molar-refractivity contribution is 5.68. The quantitative estimate of drug-likeness (QED) is 0.276. The van der Waals surface area contributed by atoms with Gasteiger partial charge in [-0.3, -0.25) is 9.59 Å². The van der Waals surface area contributed by atoms with E-state index in [-0.39, 0.29) is 23.5 Å². The van der Waals surface area contributed by atoms with Crippen molar-refractivity contribution in [2.24, 2.45) is 46.3 Å². The van der Waals surface area contributed by atoms with Crippen molar-refractivity contribution in [3.8, 4) is 0 Å². The minimum atomic E-state index is -0.429. The van der Waals surface area contributed by atoms with Crippen LogP contribution in [0, 0.1) is 46.3 Å². The number of esters is 2. The highest BCUT2D eigenvalue weighted by atomic mass is 16.6. The Kier molecular flexibility index (Phi) is 7.80. The van der Waals surface area contributed by atoms with E-state index in [9.17, 15) is 9.59 Å². The molecule has 9 atom stereocenters. The minimum absolute atomic E-state index is 0.0297. The van der Waals surface area contributed by atoms with Gasteiger partial charge in [-0.1, -0.05) is 60.0 Å². The highest BCUT2D eigenvalue weighted by Crippen LogP contribution is 2.67. The van der Waals surface area contributed by atoms with Crippen molar-refractivity contribution in [3.63, 3.8) is 0 Å². The van der Waals surface area contributed by atoms with Crippen LogP contribution in [0.4, 0.5) is 0 Å². The van der Waals surface area contributed by atoms with Gasteiger partial charge in [0.05, 0.1) is 0 Å². The lowest BCUT2D eigenvalue weighted by molar-refractivity contribution is -0.170. The molecule has 0 aromatic heterocycles. The predicted octanol–water partition coefficient (Wildman–Crippen LogP) is 7.50. The lowest BCUT2D eigenvalue weighted by Gasteiger charge is -2.59. The summed E-state index contributed by atoms with van der Waals surface area (Å²) in [6, 6.07) is 0. The van der Waals surface area contributed by atoms with Crippen LogP contribution < -0.4 is 0 Å². The first-order valence-corrected chi connectivity index (χ1v) is 14.5. The van der Waals surface area contributed by atoms with Crippen LogP contribution >= 0.6 is 0 Å². The standard InChI is InChI=1S/C31H50O4/c1-19(2)9-8-10-20(3)24-13-14-25-23-11-12-27-29(35-22(5)33)28(34-21(4)32)16-18-31(27,7)26(23)15-17-30(24,25)6/h12,19-20,23-26,28-29H,8-11,13-18H2,1-7H3/t20-,23+,24-,25+,26+,28-,29+,30-,31-/m1/s1. The third kappa shape index (κ3) is 4.97. The molecule has 0 unspecified atom stereocenters. The van der Waals surface area contributed by atoms with E-state index in [1.165, 1.54) is 64.4 Å². The summed E-state index contributed by atoms with van der Waals surface area (Å²) in [7, 11) is 0. The molecule has 4 aliphatic carbocycles. The predicted molar refractivity (Wildman–Crippen MR) is 140 cm³/mol. The van der Waals surface area contributed by atoms with Crippen LogP contribution in [0.5, 0.6) is 0 Å². The third-order valence-corrected chi connectivity index (χ3v) is 10.9. The first-order valence-electron chi connectivity index (χ1n) is 14.5. The monoisotopic (exact) mass is 486 g/mol. The maximum atomic E-state index is 12.0. The van der Waals surface area contributed by atoms with Gasteiger partial charge in [0.25, 0.3) is 0 Å². The Morgan fingerprint density at radius 3 is 2.31 bits per heavy atom. The van der Waals surface area contributed by atoms with Crippen molar-refractivity contribution in [1.82, 2.24) is 0 Å². The van der Waals surface area contributed by atoms with Gasteiger partial charge in [-0.05, 0) is 96.9 Å². The van der Waals surface area contributed by atoms with E-state index in [4.69, 9.17) is 9.47 Å². The summed E-state index contributed by atoms with van der Waals surface area (Å²) in [5, 5.41) is 0. The molecule has 4 nitrogen and oxygen atoms in total. The van der Waals surface area contributed by atoms with Crippen molar-refractivity contribution in [2.45, 2.75) is 125 Å². The number of allylic oxidation sites excluding steroid dienone is 1. The molecule has 4 heteroatoms. The SMILES string of the molecule is CC(=O)O[C@@H]1CC[C@@]2(C)C(=CC[C@H]3[C@@H]4CC[C@H]([C@H](C)CCCC(C)C)[C@@]4(C)CC[C@@H]32)[C@@H]1OC(C)=O. The minimum Gasteiger partial charge on any atom is -0.458 e. The second-order valence-electron chi connectivity index (χ2n) is 13.4. The van der Waals surface area contributed by atoms with Gasteiger partial charge >= 0.3 is 11.9 Å². The number of hydrogen-bond donors (Lipinski definition) is 0. The van der Waals surface area contributed by atoms with Gasteiger partial charge in [-0.25, -0.2) is 0 Å². The molecule has 4 aliphatic rings. The van der Waals surface area contributed by atoms with E-state index in [1.807, 2.05) is 0 Å². The third-order valence-electron chi connectivity index (χ3n) is 10.9. The lowest BCUT2D eigenvalue weighted by Crippen LogP contribution is -2.55. The highest BCUT2D eigenvalue weighted by Gasteiger charge is 2.60. The molecule has 0 heterocycles. The molecule has 0 amide bonds. The molecule has 0 radical (unpaired) electrons. The molecular weight excluding hydrogens is 436 g/mol. The van der Waals surface area contributed by atoms with Crippen LogP contribution in [0.25, 0.3) is 0 Å². The Balaban J connectivity index is 1.55. The zero-order valence-electron chi connectivity index (χ0n) is 23.4. The van der Waals surface area contributed by atoms with Crippen LogP contribution in [0.15, 0.2) is 11.6 Å². The van der Waals surface area contributed by atoms with E-state index in [1.54, 1.807) is 0 Å². The summed E-state index contributed by atoms with van der Waals surface area (Å²) in [4.78, 5) is 23.8. The fourth-order valence-electron chi connectivity index (χ4n) is 9.36. The van der Waals surface area contributed by atoms with Gasteiger partial charge in [0.2, 0.25) is 0 Å². The van der Waals surface area contributed by atoms with Gasteiger partial charge in [0.15, 0.2) is 6.10 Å². The molecule has 0 aliphatic heterocycles. The van der Waals surface area contributed by atoms with Gasteiger partial charge < -0.3 is 9.47 Å². The second kappa shape index (κ2) is 10.2. The fourth-order valence-corrected chi connectivity index (χ4v) is 9.36. The fraction of sp³-hybridized carbons (Fsp3) is 0.871. The number of hydrogen-bond acceptors (Lipinski definition) is 4. The van der Waals surface area contributed by atoms with Crippen molar-refractivity contribution < 1.29 is 19.1 Å². The lowest BCUT2D eigenvalue weighted by atomic mass is 9.46. The van der Waals surface area contributed by atoms with Gasteiger partial charge in [-0.15, -0.1) is 0 Å². The van der Waals surface area contributed by atoms with Gasteiger partial charge in [0.1, 0.15) is 6.10 Å². The number of rotatable bonds is 7. The van der Waals surface area contributed by atoms with E-state index in [0.717, 1.165) is 48.9 Å². The Labute approximate surface area is 214 Å². The molecule has 0 aromatic rings. The molecule has 0 bridgehead atoms. The number of carbonyl (C=O) groups excluding carboxylic acids is 2. The topological polar surface area (TPSA) is 52.6 Å². The first-order chi connectivity index (χ1) is 16.5. The Morgan fingerprint density at radius 2 is 1.66 bits per heavy atom. The molecule has 3 saturated carbocycles. The number of ether oxygens (including phenoxy) is 2. The Morgan fingerprint density at radius 1 is 0.943 bits per heavy atom. The molecule has 198 valence electrons. The van der Waals surface area contributed by atoms with Crippen LogP contribution in [0.1, 0.15) is 113 Å². The van der Waals surface area contributed by atoms with Crippen LogP contribution in [0.3, 0.4) is 0 Å². The smallest absolute Gasteiger partial charge is 0.303 e. The second-order valence-corrected chi connectivity index (χ2v) is 13.4. The van der Waals surface area contributed by atoms with Crippen LogP contribution in [-0.2, 0) is 19.1 Å². The summed E-state index contributed by atoms with van der Waals surface area (Å²) >= 11 is 0. The molecule has 0 spiro atoms. The van der Waals surface area contributed by atoms with Crippen LogP contribution in [0.2, 0.25) is 0 Å². The molecular formula is C31H50O4. The summed E-state index contributed by atoms with van der Waals surface area (Å²) < 4.78 is 11.5. The van der Waals surface area contributed by atoms with Gasteiger partial charge in [0, 0.05) is 13.8 Å². The summed E-state index contributed by atoms with van der Waals surface area (Å²) in [5.41, 5.74) is 1.72. The Bertz CT molecular complexity index is 830. The van der Waals surface area contributed by atoms with E-state index < -0.39 is 6.10 Å². The molecule has 3 fully saturated rings. The average Bonchev–Trinajstić information content (AvgIpc) is 3.12. The van der Waals surface area contributed by atoms with Gasteiger partial charge in [-0.2, -0.15) is 0 Å². The number of carbonyl (C=O) groups is 2. The molecule has 0 aromatic carbocycles. The van der Waals surface area contributed by atoms with E-state index in [2.05, 4.69) is 40.7 Å². The van der Waals surface area contributed by atoms with E-state index in [0.29, 0.717) is 11.3 Å². The molecule has 4 rings (SSSR count). The summed E-state index contributed by atoms with van der Waals surface area (Å²) in [5.74, 6) is 4.04. The molecule has 35 heavy (non-hydrogen) atoms. The maximum absolute atomic E-state index is 12.0. The first kappa shape index (κ1) is 26.7. The van der Waals surface area contributed by atoms with Crippen molar-refractivity contribution >= 4 is 11.9 Å². The molecule has 0 saturated heterocycles. The Hall–Kier alpha value is -1.32. The summed E-state index contributed by atoms with van der Waals surface area (Å²) in [6.07, 6.45) is 13.9. The zero-order chi connectivity index (χ0) is 25.5. The average molecular weight is 487 g/mol. The van der Waals surface area contributed by atoms with E-state index >= 15 is 0 Å². The number of fused-ring (bicyclic) bond motifs is 5. The van der Waals surface area contributed by atoms with Crippen molar-refractivity contribution in [2.75, 3.05) is 0 Å². The molecule has 0 N–H and O–H groups in total. The largest absolute Gasteiger partial charge is 0.458 e. The van der Waals surface area contributed by atoms with Crippen LogP contribution in [-0.4, -0.2) is 24.1 Å². The zero-order valence-corrected chi connectivity index (χ0v) is 23.4. The summed E-state index contributed by atoms with van der Waals surface area (Å²) in [6.45, 7) is 15.2.